The van der Waals surface area contributed by atoms with E-state index in [4.69, 9.17) is 11.1 Å². The van der Waals surface area contributed by atoms with Crippen LogP contribution in [0.4, 0.5) is 5.69 Å². The second kappa shape index (κ2) is 15.5. The number of anilines is 1. The minimum atomic E-state index is -1.43. The van der Waals surface area contributed by atoms with Gasteiger partial charge >= 0.3 is 0 Å². The quantitative estimate of drug-likeness (QED) is 0.127. The Morgan fingerprint density at radius 2 is 1.51 bits per heavy atom. The van der Waals surface area contributed by atoms with Crippen molar-refractivity contribution in [1.82, 2.24) is 10.6 Å². The third-order valence-corrected chi connectivity index (χ3v) is 6.24. The van der Waals surface area contributed by atoms with Gasteiger partial charge in [0.1, 0.15) is 24.0 Å². The fourth-order valence-corrected chi connectivity index (χ4v) is 4.16. The Hall–Kier alpha value is -3.92. The van der Waals surface area contributed by atoms with Gasteiger partial charge in [0, 0.05) is 23.7 Å². The van der Waals surface area contributed by atoms with Gasteiger partial charge in [0.2, 0.25) is 11.8 Å². The number of carbonyl (C=O) groups is 2. The van der Waals surface area contributed by atoms with Crippen molar-refractivity contribution in [2.75, 3.05) is 18.5 Å². The lowest BCUT2D eigenvalue weighted by Gasteiger charge is -2.25. The minimum absolute atomic E-state index is 0. The highest BCUT2D eigenvalue weighted by Crippen LogP contribution is 2.27. The van der Waals surface area contributed by atoms with Gasteiger partial charge in [-0.2, -0.15) is 0 Å². The number of aliphatic hydroxyl groups is 2. The molecule has 0 saturated heterocycles. The average molecular weight is 554 g/mol. The number of benzene rings is 3. The number of nitrogens with two attached hydrogens (primary N) is 1. The summed E-state index contributed by atoms with van der Waals surface area (Å²) in [6.07, 6.45) is -0.760. The van der Waals surface area contributed by atoms with Crippen molar-refractivity contribution in [3.63, 3.8) is 0 Å². The molecule has 3 aromatic carbocycles. The fraction of sp³-hybridized carbons (Fsp3) is 0.276. The number of aliphatic hydroxyl groups excluding tert-OH is 2. The maximum atomic E-state index is 12.9. The van der Waals surface area contributed by atoms with Crippen LogP contribution in [0.3, 0.4) is 0 Å². The highest BCUT2D eigenvalue weighted by Gasteiger charge is 2.29. The Morgan fingerprint density at radius 1 is 0.923 bits per heavy atom. The van der Waals surface area contributed by atoms with Crippen LogP contribution in [0.15, 0.2) is 84.9 Å². The molecule has 2 amide bonds. The summed E-state index contributed by atoms with van der Waals surface area (Å²) in [5.74, 6) is -1.08. The monoisotopic (exact) mass is 553 g/mol. The Kier molecular flexibility index (Phi) is 12.4. The van der Waals surface area contributed by atoms with E-state index in [2.05, 4.69) is 40.2 Å². The SMILES string of the molecule is CC(NC(=O)C(Nc1cccc(C(=N)N)c1)C(O)CO)C(=O)NCCC(c1ccccc1)c1ccccc1.Cl. The molecule has 208 valence electrons. The Balaban J connectivity index is 0.00000533. The van der Waals surface area contributed by atoms with Crippen molar-refractivity contribution in [3.8, 4) is 0 Å². The summed E-state index contributed by atoms with van der Waals surface area (Å²) in [4.78, 5) is 25.7. The van der Waals surface area contributed by atoms with Gasteiger partial charge in [0.25, 0.3) is 0 Å². The van der Waals surface area contributed by atoms with E-state index in [-0.39, 0.29) is 30.1 Å². The first-order valence-electron chi connectivity index (χ1n) is 12.5. The molecule has 3 unspecified atom stereocenters. The normalized spacial score (nSPS) is 12.9. The molecule has 0 aliphatic rings. The predicted molar refractivity (Wildman–Crippen MR) is 155 cm³/mol. The van der Waals surface area contributed by atoms with Gasteiger partial charge in [-0.1, -0.05) is 72.8 Å². The summed E-state index contributed by atoms with van der Waals surface area (Å²) < 4.78 is 0. The third kappa shape index (κ3) is 9.10. The van der Waals surface area contributed by atoms with Crippen LogP contribution in [0.25, 0.3) is 0 Å². The molecular weight excluding hydrogens is 518 g/mol. The number of amides is 2. The molecule has 0 heterocycles. The molecule has 8 N–H and O–H groups in total. The van der Waals surface area contributed by atoms with Crippen molar-refractivity contribution in [2.24, 2.45) is 5.73 Å². The third-order valence-electron chi connectivity index (χ3n) is 6.24. The summed E-state index contributed by atoms with van der Waals surface area (Å²) in [7, 11) is 0. The molecule has 0 aromatic heterocycles. The maximum Gasteiger partial charge on any atom is 0.245 e. The van der Waals surface area contributed by atoms with Crippen molar-refractivity contribution >= 4 is 35.7 Å². The zero-order valence-corrected chi connectivity index (χ0v) is 22.5. The zero-order chi connectivity index (χ0) is 27.5. The highest BCUT2D eigenvalue weighted by atomic mass is 35.5. The van der Waals surface area contributed by atoms with Gasteiger partial charge in [-0.3, -0.25) is 15.0 Å². The number of nitrogen functional groups attached to an aromatic ring is 1. The van der Waals surface area contributed by atoms with Gasteiger partial charge < -0.3 is 31.9 Å². The molecule has 0 fully saturated rings. The summed E-state index contributed by atoms with van der Waals surface area (Å²) in [5.41, 5.74) is 8.68. The van der Waals surface area contributed by atoms with Gasteiger partial charge in [-0.05, 0) is 36.6 Å². The van der Waals surface area contributed by atoms with Gasteiger partial charge in [-0.15, -0.1) is 12.4 Å². The Morgan fingerprint density at radius 3 is 2.05 bits per heavy atom. The molecule has 0 bridgehead atoms. The Labute approximate surface area is 234 Å². The molecule has 3 rings (SSSR count). The summed E-state index contributed by atoms with van der Waals surface area (Å²) in [6, 6.07) is 24.5. The van der Waals surface area contributed by atoms with Crippen LogP contribution >= 0.6 is 12.4 Å². The van der Waals surface area contributed by atoms with E-state index in [9.17, 15) is 19.8 Å². The van der Waals surface area contributed by atoms with Crippen molar-refractivity contribution in [2.45, 2.75) is 37.5 Å². The highest BCUT2D eigenvalue weighted by molar-refractivity contribution is 5.96. The topological polar surface area (TPSA) is 161 Å². The second-order valence-corrected chi connectivity index (χ2v) is 9.05. The lowest BCUT2D eigenvalue weighted by Crippen LogP contribution is -2.54. The summed E-state index contributed by atoms with van der Waals surface area (Å²) in [5, 5.41) is 35.7. The van der Waals surface area contributed by atoms with E-state index < -0.39 is 30.7 Å². The molecule has 3 aromatic rings. The number of carbonyl (C=O) groups excluding carboxylic acids is 2. The molecule has 0 aliphatic heterocycles. The van der Waals surface area contributed by atoms with Crippen molar-refractivity contribution in [1.29, 1.82) is 5.41 Å². The molecule has 0 radical (unpaired) electrons. The lowest BCUT2D eigenvalue weighted by molar-refractivity contribution is -0.130. The van der Waals surface area contributed by atoms with Gasteiger partial charge in [0.15, 0.2) is 0 Å². The first-order chi connectivity index (χ1) is 18.3. The molecule has 10 heteroatoms. The van der Waals surface area contributed by atoms with Crippen LogP contribution in [0.2, 0.25) is 0 Å². The molecule has 0 spiro atoms. The Bertz CT molecular complexity index is 1170. The molecular formula is C29H36ClN5O4. The minimum Gasteiger partial charge on any atom is -0.394 e. The van der Waals surface area contributed by atoms with Crippen molar-refractivity contribution in [3.05, 3.63) is 102 Å². The predicted octanol–water partition coefficient (Wildman–Crippen LogP) is 2.37. The largest absolute Gasteiger partial charge is 0.394 e. The molecule has 0 aliphatic carbocycles. The van der Waals surface area contributed by atoms with Crippen LogP contribution in [-0.4, -0.2) is 59.2 Å². The van der Waals surface area contributed by atoms with E-state index in [1.54, 1.807) is 31.2 Å². The average Bonchev–Trinajstić information content (AvgIpc) is 2.94. The number of hydrogen-bond donors (Lipinski definition) is 7. The first-order valence-corrected chi connectivity index (χ1v) is 12.5. The second-order valence-electron chi connectivity index (χ2n) is 9.05. The van der Waals surface area contributed by atoms with E-state index in [0.717, 1.165) is 11.1 Å². The smallest absolute Gasteiger partial charge is 0.245 e. The molecule has 9 nitrogen and oxygen atoms in total. The molecule has 0 saturated carbocycles. The lowest BCUT2D eigenvalue weighted by atomic mass is 9.88. The summed E-state index contributed by atoms with van der Waals surface area (Å²) >= 11 is 0. The standard InChI is InChI=1S/C29H35N5O4.ClH/c1-19(33-29(38)26(25(36)18-35)34-23-14-8-13-22(17-23)27(30)31)28(37)32-16-15-24(20-9-4-2-5-10-20)21-11-6-3-7-12-21;/h2-14,17,19,24-26,34-36H,15-16,18H2,1H3,(H3,30,31)(H,32,37)(H,33,38);1H. The van der Waals surface area contributed by atoms with Crippen LogP contribution in [0, 0.1) is 5.41 Å². The van der Waals surface area contributed by atoms with E-state index >= 15 is 0 Å². The first kappa shape index (κ1) is 31.3. The van der Waals surface area contributed by atoms with Crippen LogP contribution in [0.1, 0.15) is 36.0 Å². The van der Waals surface area contributed by atoms with E-state index in [1.807, 2.05) is 36.4 Å². The van der Waals surface area contributed by atoms with Crippen molar-refractivity contribution < 1.29 is 19.8 Å². The van der Waals surface area contributed by atoms with Crippen LogP contribution in [0.5, 0.6) is 0 Å². The number of nitrogens with one attached hydrogen (secondary N) is 4. The number of hydrogen-bond acceptors (Lipinski definition) is 6. The van der Waals surface area contributed by atoms with E-state index in [1.165, 1.54) is 0 Å². The van der Waals surface area contributed by atoms with Gasteiger partial charge in [0.05, 0.1) is 6.61 Å². The molecule has 3 atom stereocenters. The van der Waals surface area contributed by atoms with E-state index in [0.29, 0.717) is 24.2 Å². The number of amidine groups is 1. The maximum absolute atomic E-state index is 12.9. The van der Waals surface area contributed by atoms with Gasteiger partial charge in [-0.25, -0.2) is 0 Å². The number of rotatable bonds is 13. The molecule has 39 heavy (non-hydrogen) atoms. The fourth-order valence-electron chi connectivity index (χ4n) is 4.16. The van der Waals surface area contributed by atoms with Crippen LogP contribution in [-0.2, 0) is 9.59 Å². The summed E-state index contributed by atoms with van der Waals surface area (Å²) in [6.45, 7) is 1.28. The zero-order valence-electron chi connectivity index (χ0n) is 21.7. The van der Waals surface area contributed by atoms with Crippen LogP contribution < -0.4 is 21.7 Å². The number of halogens is 1.